The molecule has 1 rings (SSSR count). The first-order valence-electron chi connectivity index (χ1n) is 7.47. The SMILES string of the molecule is CCCCCCCC(=O)OC[C@]1(O)OC[C@@H](O)[C@@H](O)[C@@H]1O. The Morgan fingerprint density at radius 1 is 1.24 bits per heavy atom. The van der Waals surface area contributed by atoms with Crippen molar-refractivity contribution in [3.05, 3.63) is 0 Å². The van der Waals surface area contributed by atoms with E-state index in [2.05, 4.69) is 6.92 Å². The van der Waals surface area contributed by atoms with Crippen LogP contribution in [-0.2, 0) is 14.3 Å². The van der Waals surface area contributed by atoms with Crippen LogP contribution in [0.3, 0.4) is 0 Å². The first kappa shape index (κ1) is 18.3. The van der Waals surface area contributed by atoms with Crippen molar-refractivity contribution in [2.45, 2.75) is 69.5 Å². The molecule has 4 N–H and O–H groups in total. The van der Waals surface area contributed by atoms with Gasteiger partial charge in [0.05, 0.1) is 6.61 Å². The van der Waals surface area contributed by atoms with Crippen molar-refractivity contribution in [2.75, 3.05) is 13.2 Å². The zero-order valence-corrected chi connectivity index (χ0v) is 12.4. The molecule has 0 aliphatic carbocycles. The second-order valence-corrected chi connectivity index (χ2v) is 5.48. The van der Waals surface area contributed by atoms with Gasteiger partial charge in [0, 0.05) is 6.42 Å². The van der Waals surface area contributed by atoms with Gasteiger partial charge in [0.25, 0.3) is 0 Å². The average molecular weight is 306 g/mol. The lowest BCUT2D eigenvalue weighted by Crippen LogP contribution is -2.63. The van der Waals surface area contributed by atoms with E-state index in [1.165, 1.54) is 0 Å². The van der Waals surface area contributed by atoms with Gasteiger partial charge in [-0.15, -0.1) is 0 Å². The number of aliphatic hydroxyl groups excluding tert-OH is 3. The molecule has 1 fully saturated rings. The summed E-state index contributed by atoms with van der Waals surface area (Å²) in [5.41, 5.74) is 0. The average Bonchev–Trinajstić information content (AvgIpc) is 2.47. The Labute approximate surface area is 124 Å². The quantitative estimate of drug-likeness (QED) is 0.359. The molecule has 0 aromatic carbocycles. The first-order valence-corrected chi connectivity index (χ1v) is 7.47. The fraction of sp³-hybridized carbons (Fsp3) is 0.929. The fourth-order valence-electron chi connectivity index (χ4n) is 2.15. The minimum absolute atomic E-state index is 0.237. The maximum Gasteiger partial charge on any atom is 0.305 e. The van der Waals surface area contributed by atoms with E-state index in [0.717, 1.165) is 25.7 Å². The molecule has 1 saturated heterocycles. The molecule has 1 aliphatic heterocycles. The Morgan fingerprint density at radius 2 is 1.90 bits per heavy atom. The van der Waals surface area contributed by atoms with Crippen LogP contribution >= 0.6 is 0 Å². The third-order valence-electron chi connectivity index (χ3n) is 3.61. The molecule has 7 nitrogen and oxygen atoms in total. The lowest BCUT2D eigenvalue weighted by molar-refractivity contribution is -0.332. The predicted octanol–water partition coefficient (Wildman–Crippen LogP) is -0.308. The zero-order valence-electron chi connectivity index (χ0n) is 12.4. The van der Waals surface area contributed by atoms with Crippen LogP contribution in [0.5, 0.6) is 0 Å². The minimum atomic E-state index is -2.18. The third-order valence-corrected chi connectivity index (χ3v) is 3.61. The van der Waals surface area contributed by atoms with Gasteiger partial charge < -0.3 is 29.9 Å². The molecular formula is C14H26O7. The van der Waals surface area contributed by atoms with Crippen LogP contribution in [0.1, 0.15) is 45.4 Å². The molecule has 0 unspecified atom stereocenters. The van der Waals surface area contributed by atoms with Crippen LogP contribution < -0.4 is 0 Å². The molecule has 0 saturated carbocycles. The van der Waals surface area contributed by atoms with E-state index >= 15 is 0 Å². The highest BCUT2D eigenvalue weighted by Gasteiger charge is 2.49. The van der Waals surface area contributed by atoms with E-state index < -0.39 is 36.7 Å². The van der Waals surface area contributed by atoms with Gasteiger partial charge in [0.15, 0.2) is 0 Å². The number of carbonyl (C=O) groups is 1. The fourth-order valence-corrected chi connectivity index (χ4v) is 2.15. The van der Waals surface area contributed by atoms with Crippen molar-refractivity contribution < 1.29 is 34.7 Å². The zero-order chi connectivity index (χ0) is 15.9. The molecule has 4 atom stereocenters. The summed E-state index contributed by atoms with van der Waals surface area (Å²) < 4.78 is 9.77. The van der Waals surface area contributed by atoms with Crippen molar-refractivity contribution in [3.63, 3.8) is 0 Å². The van der Waals surface area contributed by atoms with Crippen molar-refractivity contribution in [2.24, 2.45) is 0 Å². The summed E-state index contributed by atoms with van der Waals surface area (Å²) in [6.07, 6.45) is 0.653. The predicted molar refractivity (Wildman–Crippen MR) is 73.3 cm³/mol. The smallest absolute Gasteiger partial charge is 0.305 e. The molecule has 0 amide bonds. The Kier molecular flexibility index (Phi) is 7.55. The second kappa shape index (κ2) is 8.65. The number of esters is 1. The highest BCUT2D eigenvalue weighted by Crippen LogP contribution is 2.24. The molecule has 0 bridgehead atoms. The summed E-state index contributed by atoms with van der Waals surface area (Å²) in [5, 5.41) is 38.5. The normalized spacial score (nSPS) is 32.9. The largest absolute Gasteiger partial charge is 0.460 e. The summed E-state index contributed by atoms with van der Waals surface area (Å²) in [6.45, 7) is 1.19. The number of rotatable bonds is 8. The topological polar surface area (TPSA) is 116 Å². The maximum absolute atomic E-state index is 11.5. The third kappa shape index (κ3) is 5.52. The number of aliphatic hydroxyl groups is 4. The molecule has 1 heterocycles. The van der Waals surface area contributed by atoms with Crippen LogP contribution in [0, 0.1) is 0 Å². The van der Waals surface area contributed by atoms with Gasteiger partial charge in [-0.3, -0.25) is 4.79 Å². The van der Waals surface area contributed by atoms with E-state index in [4.69, 9.17) is 9.47 Å². The van der Waals surface area contributed by atoms with Gasteiger partial charge in [-0.2, -0.15) is 0 Å². The summed E-state index contributed by atoms with van der Waals surface area (Å²) >= 11 is 0. The number of ether oxygens (including phenoxy) is 2. The molecule has 0 aromatic heterocycles. The molecule has 21 heavy (non-hydrogen) atoms. The van der Waals surface area contributed by atoms with Crippen LogP contribution in [0.4, 0.5) is 0 Å². The highest BCUT2D eigenvalue weighted by atomic mass is 16.7. The Morgan fingerprint density at radius 3 is 2.57 bits per heavy atom. The van der Waals surface area contributed by atoms with Gasteiger partial charge in [0.1, 0.15) is 24.9 Å². The molecule has 7 heteroatoms. The molecule has 1 aliphatic rings. The second-order valence-electron chi connectivity index (χ2n) is 5.48. The molecule has 124 valence electrons. The van der Waals surface area contributed by atoms with Crippen LogP contribution in [-0.4, -0.2) is 63.7 Å². The monoisotopic (exact) mass is 306 g/mol. The van der Waals surface area contributed by atoms with Crippen LogP contribution in [0.15, 0.2) is 0 Å². The molecule has 0 spiro atoms. The minimum Gasteiger partial charge on any atom is -0.460 e. The van der Waals surface area contributed by atoms with Crippen molar-refractivity contribution in [1.82, 2.24) is 0 Å². The van der Waals surface area contributed by atoms with Crippen molar-refractivity contribution in [1.29, 1.82) is 0 Å². The van der Waals surface area contributed by atoms with E-state index in [-0.39, 0.29) is 13.0 Å². The van der Waals surface area contributed by atoms with Crippen molar-refractivity contribution >= 4 is 5.97 Å². The van der Waals surface area contributed by atoms with E-state index in [1.54, 1.807) is 0 Å². The Bertz CT molecular complexity index is 322. The first-order chi connectivity index (χ1) is 9.90. The summed E-state index contributed by atoms with van der Waals surface area (Å²) in [5.74, 6) is -2.67. The van der Waals surface area contributed by atoms with Gasteiger partial charge >= 0.3 is 5.97 Å². The number of carbonyl (C=O) groups excluding carboxylic acids is 1. The van der Waals surface area contributed by atoms with E-state index in [9.17, 15) is 25.2 Å². The Balaban J connectivity index is 2.28. The van der Waals surface area contributed by atoms with Gasteiger partial charge in [-0.05, 0) is 6.42 Å². The lowest BCUT2D eigenvalue weighted by atomic mass is 9.97. The van der Waals surface area contributed by atoms with Gasteiger partial charge in [0.2, 0.25) is 5.79 Å². The van der Waals surface area contributed by atoms with Gasteiger partial charge in [-0.1, -0.05) is 32.6 Å². The number of unbranched alkanes of at least 4 members (excludes halogenated alkanes) is 4. The summed E-state index contributed by atoms with van der Waals surface area (Å²) in [4.78, 5) is 11.5. The lowest BCUT2D eigenvalue weighted by Gasteiger charge is -2.40. The highest BCUT2D eigenvalue weighted by molar-refractivity contribution is 5.69. The van der Waals surface area contributed by atoms with Crippen LogP contribution in [0.2, 0.25) is 0 Å². The standard InChI is InChI=1S/C14H26O7/c1-2-3-4-5-6-7-11(16)20-9-14(19)13(18)12(17)10(15)8-21-14/h10,12-13,15,17-19H,2-9H2,1H3/t10-,12-,13+,14+/m1/s1. The number of hydrogen-bond donors (Lipinski definition) is 4. The van der Waals surface area contributed by atoms with E-state index in [1.807, 2.05) is 0 Å². The number of hydrogen-bond acceptors (Lipinski definition) is 7. The Hall–Kier alpha value is -0.730. The summed E-state index contributed by atoms with van der Waals surface area (Å²) in [7, 11) is 0. The van der Waals surface area contributed by atoms with Crippen molar-refractivity contribution in [3.8, 4) is 0 Å². The van der Waals surface area contributed by atoms with Gasteiger partial charge in [-0.25, -0.2) is 0 Å². The van der Waals surface area contributed by atoms with E-state index in [0.29, 0.717) is 6.42 Å². The van der Waals surface area contributed by atoms with Crippen LogP contribution in [0.25, 0.3) is 0 Å². The summed E-state index contributed by atoms with van der Waals surface area (Å²) in [6, 6.07) is 0. The molecular weight excluding hydrogens is 280 g/mol. The molecule has 0 radical (unpaired) electrons. The maximum atomic E-state index is 11.5. The molecule has 0 aromatic rings.